The molecule has 138 valence electrons. The zero-order valence-electron chi connectivity index (χ0n) is 15.6. The van der Waals surface area contributed by atoms with E-state index in [1.165, 1.54) is 11.1 Å². The van der Waals surface area contributed by atoms with Gasteiger partial charge in [0.05, 0.1) is 12.6 Å². The van der Waals surface area contributed by atoms with E-state index in [4.69, 9.17) is 0 Å². The van der Waals surface area contributed by atoms with Crippen molar-refractivity contribution in [1.29, 1.82) is 0 Å². The summed E-state index contributed by atoms with van der Waals surface area (Å²) in [4.78, 5) is 14.9. The Morgan fingerprint density at radius 3 is 2.81 bits per heavy atom. The number of benzene rings is 1. The van der Waals surface area contributed by atoms with Gasteiger partial charge in [0.25, 0.3) is 0 Å². The summed E-state index contributed by atoms with van der Waals surface area (Å²) in [5.41, 5.74) is 2.47. The number of nitrogens with one attached hydrogen (secondary N) is 1. The molecule has 0 bridgehead atoms. The van der Waals surface area contributed by atoms with Crippen LogP contribution < -0.4 is 5.32 Å². The highest BCUT2D eigenvalue weighted by Gasteiger charge is 2.33. The fourth-order valence-electron chi connectivity index (χ4n) is 4.29. The lowest BCUT2D eigenvalue weighted by atomic mass is 9.86. The van der Waals surface area contributed by atoms with Crippen molar-refractivity contribution in [2.45, 2.75) is 58.7 Å². The van der Waals surface area contributed by atoms with Gasteiger partial charge in [-0.05, 0) is 37.7 Å². The highest BCUT2D eigenvalue weighted by molar-refractivity contribution is 5.75. The SMILES string of the molecule is Cc1ccc([C@@H]2[C@H](C)CCCN2C(=O)NCc2nnc3n2CCC3)cc1. The number of aromatic nitrogens is 3. The molecule has 6 nitrogen and oxygen atoms in total. The third-order valence-electron chi connectivity index (χ3n) is 5.70. The molecule has 26 heavy (non-hydrogen) atoms. The third kappa shape index (κ3) is 3.20. The Bertz CT molecular complexity index is 782. The average molecular weight is 353 g/mol. The molecule has 4 rings (SSSR count). The molecule has 0 saturated carbocycles. The molecule has 2 aliphatic heterocycles. The summed E-state index contributed by atoms with van der Waals surface area (Å²) in [5, 5.41) is 11.5. The summed E-state index contributed by atoms with van der Waals surface area (Å²) >= 11 is 0. The van der Waals surface area contributed by atoms with E-state index >= 15 is 0 Å². The first kappa shape index (κ1) is 17.1. The van der Waals surface area contributed by atoms with Crippen molar-refractivity contribution in [1.82, 2.24) is 25.0 Å². The van der Waals surface area contributed by atoms with Crippen molar-refractivity contribution < 1.29 is 4.79 Å². The molecule has 0 spiro atoms. The van der Waals surface area contributed by atoms with Gasteiger partial charge in [-0.15, -0.1) is 10.2 Å². The maximum Gasteiger partial charge on any atom is 0.318 e. The Hall–Kier alpha value is -2.37. The van der Waals surface area contributed by atoms with E-state index in [-0.39, 0.29) is 12.1 Å². The van der Waals surface area contributed by atoms with Crippen molar-refractivity contribution in [3.63, 3.8) is 0 Å². The lowest BCUT2D eigenvalue weighted by Gasteiger charge is -2.40. The van der Waals surface area contributed by atoms with Crippen LogP contribution in [0.25, 0.3) is 0 Å². The minimum absolute atomic E-state index is 0.00234. The smallest absolute Gasteiger partial charge is 0.318 e. The predicted octanol–water partition coefficient (Wildman–Crippen LogP) is 3.22. The van der Waals surface area contributed by atoms with Crippen molar-refractivity contribution in [2.24, 2.45) is 5.92 Å². The summed E-state index contributed by atoms with van der Waals surface area (Å²) in [6.07, 6.45) is 4.31. The summed E-state index contributed by atoms with van der Waals surface area (Å²) in [7, 11) is 0. The number of rotatable bonds is 3. The fourth-order valence-corrected chi connectivity index (χ4v) is 4.29. The second-order valence-corrected chi connectivity index (χ2v) is 7.61. The first-order valence-electron chi connectivity index (χ1n) is 9.65. The van der Waals surface area contributed by atoms with Gasteiger partial charge in [0.2, 0.25) is 0 Å². The summed E-state index contributed by atoms with van der Waals surface area (Å²) in [6, 6.07) is 8.71. The largest absolute Gasteiger partial charge is 0.331 e. The molecular formula is C20H27N5O. The molecule has 3 heterocycles. The van der Waals surface area contributed by atoms with E-state index in [0.717, 1.165) is 50.4 Å². The Balaban J connectivity index is 1.48. The fraction of sp³-hybridized carbons (Fsp3) is 0.550. The van der Waals surface area contributed by atoms with Crippen LogP contribution in [0.5, 0.6) is 0 Å². The molecule has 1 fully saturated rings. The number of fused-ring (bicyclic) bond motifs is 1. The minimum atomic E-state index is -0.00234. The van der Waals surface area contributed by atoms with Crippen molar-refractivity contribution in [3.8, 4) is 0 Å². The number of carbonyl (C=O) groups is 1. The lowest BCUT2D eigenvalue weighted by Crippen LogP contribution is -2.47. The van der Waals surface area contributed by atoms with Gasteiger partial charge >= 0.3 is 6.03 Å². The van der Waals surface area contributed by atoms with Crippen LogP contribution in [0.3, 0.4) is 0 Å². The molecule has 0 radical (unpaired) electrons. The summed E-state index contributed by atoms with van der Waals surface area (Å²) < 4.78 is 2.14. The minimum Gasteiger partial charge on any atom is -0.331 e. The Morgan fingerprint density at radius 2 is 2.00 bits per heavy atom. The zero-order chi connectivity index (χ0) is 18.1. The lowest BCUT2D eigenvalue weighted by molar-refractivity contribution is 0.119. The van der Waals surface area contributed by atoms with Crippen LogP contribution in [-0.2, 0) is 19.5 Å². The van der Waals surface area contributed by atoms with E-state index in [0.29, 0.717) is 12.5 Å². The number of hydrogen-bond donors (Lipinski definition) is 1. The topological polar surface area (TPSA) is 63.1 Å². The molecule has 0 aliphatic carbocycles. The number of piperidine rings is 1. The van der Waals surface area contributed by atoms with Gasteiger partial charge in [-0.2, -0.15) is 0 Å². The normalized spacial score (nSPS) is 22.3. The van der Waals surface area contributed by atoms with Gasteiger partial charge in [-0.3, -0.25) is 0 Å². The van der Waals surface area contributed by atoms with E-state index in [9.17, 15) is 4.79 Å². The van der Waals surface area contributed by atoms with Gasteiger partial charge in [0.1, 0.15) is 5.82 Å². The number of carbonyl (C=O) groups excluding carboxylic acids is 1. The maximum absolute atomic E-state index is 12.9. The number of hydrogen-bond acceptors (Lipinski definition) is 3. The van der Waals surface area contributed by atoms with Gasteiger partial charge in [-0.1, -0.05) is 36.8 Å². The van der Waals surface area contributed by atoms with E-state index in [1.54, 1.807) is 0 Å². The molecule has 6 heteroatoms. The average Bonchev–Trinajstić information content (AvgIpc) is 3.24. The first-order valence-corrected chi connectivity index (χ1v) is 9.65. The maximum atomic E-state index is 12.9. The van der Waals surface area contributed by atoms with E-state index < -0.39 is 0 Å². The van der Waals surface area contributed by atoms with Gasteiger partial charge in [0, 0.05) is 19.5 Å². The van der Waals surface area contributed by atoms with E-state index in [1.807, 2.05) is 4.90 Å². The van der Waals surface area contributed by atoms with Crippen LogP contribution in [0.15, 0.2) is 24.3 Å². The molecule has 0 unspecified atom stereocenters. The molecule has 2 aromatic rings. The number of amides is 2. The molecule has 1 aromatic heterocycles. The van der Waals surface area contributed by atoms with Crippen LogP contribution >= 0.6 is 0 Å². The molecular weight excluding hydrogens is 326 g/mol. The van der Waals surface area contributed by atoms with Gasteiger partial charge in [-0.25, -0.2) is 4.79 Å². The Kier molecular flexibility index (Phi) is 4.66. The third-order valence-corrected chi connectivity index (χ3v) is 5.70. The first-order chi connectivity index (χ1) is 12.6. The van der Waals surface area contributed by atoms with Gasteiger partial charge < -0.3 is 14.8 Å². The van der Waals surface area contributed by atoms with Crippen molar-refractivity contribution >= 4 is 6.03 Å². The second-order valence-electron chi connectivity index (χ2n) is 7.61. The predicted molar refractivity (Wildman–Crippen MR) is 99.6 cm³/mol. The molecule has 1 N–H and O–H groups in total. The Labute approximate surface area is 154 Å². The van der Waals surface area contributed by atoms with Crippen LogP contribution in [0.4, 0.5) is 4.79 Å². The standard InChI is InChI=1S/C20H27N5O/c1-14-7-9-16(10-8-14)19-15(2)5-3-12-25(19)20(26)21-13-18-23-22-17-6-4-11-24(17)18/h7-10,15,19H,3-6,11-13H2,1-2H3,(H,21,26)/t15-,19+/m1/s1. The van der Waals surface area contributed by atoms with Crippen LogP contribution in [0.2, 0.25) is 0 Å². The number of urea groups is 1. The van der Waals surface area contributed by atoms with Crippen LogP contribution in [0, 0.1) is 12.8 Å². The summed E-state index contributed by atoms with van der Waals surface area (Å²) in [5.74, 6) is 2.36. The van der Waals surface area contributed by atoms with Crippen LogP contribution in [-0.4, -0.2) is 32.2 Å². The van der Waals surface area contributed by atoms with Gasteiger partial charge in [0.15, 0.2) is 5.82 Å². The zero-order valence-corrected chi connectivity index (χ0v) is 15.6. The van der Waals surface area contributed by atoms with Crippen molar-refractivity contribution in [2.75, 3.05) is 6.54 Å². The molecule has 2 aliphatic rings. The number of aryl methyl sites for hydroxylation is 2. The molecule has 2 amide bonds. The van der Waals surface area contributed by atoms with Crippen molar-refractivity contribution in [3.05, 3.63) is 47.0 Å². The monoisotopic (exact) mass is 353 g/mol. The van der Waals surface area contributed by atoms with Crippen LogP contribution in [0.1, 0.15) is 55.0 Å². The highest BCUT2D eigenvalue weighted by atomic mass is 16.2. The molecule has 2 atom stereocenters. The number of nitrogens with zero attached hydrogens (tertiary/aromatic N) is 4. The Morgan fingerprint density at radius 1 is 1.19 bits per heavy atom. The quantitative estimate of drug-likeness (QED) is 0.921. The number of likely N-dealkylation sites (tertiary alicyclic amines) is 1. The summed E-state index contributed by atoms with van der Waals surface area (Å²) in [6.45, 7) is 6.54. The molecule has 1 aromatic carbocycles. The molecule has 1 saturated heterocycles. The second kappa shape index (κ2) is 7.09. The van der Waals surface area contributed by atoms with E-state index in [2.05, 4.69) is 58.2 Å². The highest BCUT2D eigenvalue weighted by Crippen LogP contribution is 2.35.